The average Bonchev–Trinajstić information content (AvgIpc) is 2.73. The first-order valence-electron chi connectivity index (χ1n) is 7.73. The molecule has 0 aliphatic heterocycles. The molecule has 108 valence electrons. The summed E-state index contributed by atoms with van der Waals surface area (Å²) in [6.45, 7) is 1.97. The third kappa shape index (κ3) is 2.47. The monoisotopic (exact) mass is 272 g/mol. The highest BCUT2D eigenvalue weighted by atomic mass is 16.2. The molecule has 3 unspecified atom stereocenters. The zero-order valence-electron chi connectivity index (χ0n) is 12.4. The van der Waals surface area contributed by atoms with Crippen molar-refractivity contribution in [2.24, 2.45) is 11.8 Å². The number of likely N-dealkylation sites (N-methyl/N-ethyl adjacent to an activating group) is 1. The molecule has 1 saturated carbocycles. The molecule has 1 aromatic rings. The van der Waals surface area contributed by atoms with E-state index in [9.17, 15) is 4.79 Å². The van der Waals surface area contributed by atoms with Crippen LogP contribution in [0, 0.1) is 11.8 Å². The maximum atomic E-state index is 11.7. The summed E-state index contributed by atoms with van der Waals surface area (Å²) >= 11 is 0. The van der Waals surface area contributed by atoms with Crippen LogP contribution in [0.4, 0.5) is 0 Å². The second kappa shape index (κ2) is 5.57. The van der Waals surface area contributed by atoms with Crippen LogP contribution in [-0.2, 0) is 17.6 Å². The molecule has 1 amide bonds. The van der Waals surface area contributed by atoms with Crippen LogP contribution in [-0.4, -0.2) is 25.0 Å². The Morgan fingerprint density at radius 1 is 1.15 bits per heavy atom. The van der Waals surface area contributed by atoms with Gasteiger partial charge in [-0.2, -0.15) is 0 Å². The minimum Gasteiger partial charge on any atom is -0.358 e. The van der Waals surface area contributed by atoms with E-state index >= 15 is 0 Å². The number of hydrogen-bond donors (Lipinski definition) is 2. The van der Waals surface area contributed by atoms with Gasteiger partial charge >= 0.3 is 0 Å². The minimum atomic E-state index is -0.102. The Bertz CT molecular complexity index is 467. The lowest BCUT2D eigenvalue weighted by Gasteiger charge is -2.27. The van der Waals surface area contributed by atoms with Gasteiger partial charge in [0, 0.05) is 13.1 Å². The molecule has 1 aromatic carbocycles. The fourth-order valence-corrected chi connectivity index (χ4v) is 4.00. The van der Waals surface area contributed by atoms with Gasteiger partial charge in [0.05, 0.1) is 6.04 Å². The van der Waals surface area contributed by atoms with Gasteiger partial charge in [-0.15, -0.1) is 0 Å². The molecule has 3 heteroatoms. The van der Waals surface area contributed by atoms with Crippen molar-refractivity contribution in [2.75, 3.05) is 7.05 Å². The second-order valence-corrected chi connectivity index (χ2v) is 6.30. The van der Waals surface area contributed by atoms with Gasteiger partial charge in [0.1, 0.15) is 0 Å². The summed E-state index contributed by atoms with van der Waals surface area (Å²) in [5.41, 5.74) is 3.03. The highest BCUT2D eigenvalue weighted by Crippen LogP contribution is 2.40. The van der Waals surface area contributed by atoms with E-state index in [0.717, 1.165) is 12.8 Å². The molecule has 3 rings (SSSR count). The molecule has 3 nitrogen and oxygen atoms in total. The van der Waals surface area contributed by atoms with E-state index in [2.05, 4.69) is 34.9 Å². The smallest absolute Gasteiger partial charge is 0.236 e. The molecule has 3 atom stereocenters. The first-order valence-corrected chi connectivity index (χ1v) is 7.73. The third-order valence-electron chi connectivity index (χ3n) is 5.09. The number of amides is 1. The number of carbonyl (C=O) groups is 1. The first kappa shape index (κ1) is 13.6. The molecule has 20 heavy (non-hydrogen) atoms. The summed E-state index contributed by atoms with van der Waals surface area (Å²) in [6.07, 6.45) is 4.89. The van der Waals surface area contributed by atoms with Crippen molar-refractivity contribution in [3.63, 3.8) is 0 Å². The highest BCUT2D eigenvalue weighted by Gasteiger charge is 2.39. The van der Waals surface area contributed by atoms with E-state index in [1.54, 1.807) is 7.05 Å². The molecule has 1 fully saturated rings. The van der Waals surface area contributed by atoms with Gasteiger partial charge in [0.25, 0.3) is 0 Å². The van der Waals surface area contributed by atoms with Crippen molar-refractivity contribution in [3.8, 4) is 0 Å². The van der Waals surface area contributed by atoms with Crippen LogP contribution in [0.1, 0.15) is 30.9 Å². The topological polar surface area (TPSA) is 41.1 Å². The van der Waals surface area contributed by atoms with Crippen LogP contribution in [0.15, 0.2) is 24.3 Å². The summed E-state index contributed by atoms with van der Waals surface area (Å²) in [6, 6.07) is 9.22. The molecule has 0 spiro atoms. The van der Waals surface area contributed by atoms with Gasteiger partial charge in [-0.1, -0.05) is 24.3 Å². The van der Waals surface area contributed by atoms with Crippen LogP contribution in [0.3, 0.4) is 0 Å². The van der Waals surface area contributed by atoms with E-state index in [0.29, 0.717) is 17.9 Å². The quantitative estimate of drug-likeness (QED) is 0.882. The Morgan fingerprint density at radius 3 is 2.20 bits per heavy atom. The average molecular weight is 272 g/mol. The van der Waals surface area contributed by atoms with Crippen molar-refractivity contribution in [1.29, 1.82) is 0 Å². The summed E-state index contributed by atoms with van der Waals surface area (Å²) in [7, 11) is 1.71. The van der Waals surface area contributed by atoms with E-state index in [1.807, 2.05) is 6.92 Å². The summed E-state index contributed by atoms with van der Waals surface area (Å²) in [5, 5.41) is 6.33. The maximum Gasteiger partial charge on any atom is 0.236 e. The Kier molecular flexibility index (Phi) is 3.79. The van der Waals surface area contributed by atoms with Gasteiger partial charge in [0.15, 0.2) is 0 Å². The van der Waals surface area contributed by atoms with E-state index in [1.165, 1.54) is 24.0 Å². The predicted molar refractivity (Wildman–Crippen MR) is 80.5 cm³/mol. The fourth-order valence-electron chi connectivity index (χ4n) is 4.00. The highest BCUT2D eigenvalue weighted by molar-refractivity contribution is 5.80. The van der Waals surface area contributed by atoms with Crippen LogP contribution in [0.25, 0.3) is 0 Å². The molecular formula is C17H24N2O. The van der Waals surface area contributed by atoms with Gasteiger partial charge in [-0.05, 0) is 55.6 Å². The Morgan fingerprint density at radius 2 is 1.70 bits per heavy atom. The number of benzene rings is 1. The van der Waals surface area contributed by atoms with Crippen molar-refractivity contribution in [3.05, 3.63) is 35.4 Å². The number of carbonyl (C=O) groups excluding carboxylic acids is 1. The summed E-state index contributed by atoms with van der Waals surface area (Å²) in [5.74, 6) is 1.44. The molecule has 2 N–H and O–H groups in total. The predicted octanol–water partition coefficient (Wildman–Crippen LogP) is 1.90. The van der Waals surface area contributed by atoms with Gasteiger partial charge < -0.3 is 10.6 Å². The maximum absolute atomic E-state index is 11.7. The van der Waals surface area contributed by atoms with Crippen molar-refractivity contribution >= 4 is 5.91 Å². The number of fused-ring (bicyclic) bond motifs is 3. The summed E-state index contributed by atoms with van der Waals surface area (Å²) in [4.78, 5) is 11.7. The molecule has 0 heterocycles. The molecule has 2 bridgehead atoms. The normalized spacial score (nSPS) is 29.4. The lowest BCUT2D eigenvalue weighted by Crippen LogP contribution is -2.49. The lowest BCUT2D eigenvalue weighted by atomic mass is 9.94. The standard InChI is InChI=1S/C17H24N2O/c1-11(17(20)18-2)19-16-14-7-8-15(16)10-13-6-4-3-5-12(13)9-14/h3-6,11,14-16,19H,7-10H2,1-2H3,(H,18,20). The van der Waals surface area contributed by atoms with Crippen LogP contribution in [0.5, 0.6) is 0 Å². The Labute approximate surface area is 121 Å². The van der Waals surface area contributed by atoms with Crippen LogP contribution < -0.4 is 10.6 Å². The Balaban J connectivity index is 1.77. The molecule has 0 aromatic heterocycles. The third-order valence-corrected chi connectivity index (χ3v) is 5.09. The lowest BCUT2D eigenvalue weighted by molar-refractivity contribution is -0.122. The van der Waals surface area contributed by atoms with Crippen LogP contribution >= 0.6 is 0 Å². The summed E-state index contributed by atoms with van der Waals surface area (Å²) < 4.78 is 0. The number of hydrogen-bond acceptors (Lipinski definition) is 2. The number of rotatable bonds is 3. The largest absolute Gasteiger partial charge is 0.358 e. The van der Waals surface area contributed by atoms with E-state index in [-0.39, 0.29) is 11.9 Å². The molecular weight excluding hydrogens is 248 g/mol. The first-order chi connectivity index (χ1) is 9.69. The molecule has 2 aliphatic rings. The minimum absolute atomic E-state index is 0.0890. The zero-order valence-corrected chi connectivity index (χ0v) is 12.4. The molecule has 2 aliphatic carbocycles. The van der Waals surface area contributed by atoms with E-state index < -0.39 is 0 Å². The van der Waals surface area contributed by atoms with Gasteiger partial charge in [0.2, 0.25) is 5.91 Å². The SMILES string of the molecule is CNC(=O)C(C)NC1C2CCC1Cc1ccccc1C2. The fraction of sp³-hybridized carbons (Fsp3) is 0.588. The van der Waals surface area contributed by atoms with E-state index in [4.69, 9.17) is 0 Å². The van der Waals surface area contributed by atoms with Crippen molar-refractivity contribution in [1.82, 2.24) is 10.6 Å². The van der Waals surface area contributed by atoms with Crippen LogP contribution in [0.2, 0.25) is 0 Å². The zero-order chi connectivity index (χ0) is 14.1. The second-order valence-electron chi connectivity index (χ2n) is 6.30. The van der Waals surface area contributed by atoms with Gasteiger partial charge in [-0.3, -0.25) is 4.79 Å². The number of nitrogens with one attached hydrogen (secondary N) is 2. The molecule has 0 radical (unpaired) electrons. The van der Waals surface area contributed by atoms with Crippen molar-refractivity contribution < 1.29 is 4.79 Å². The van der Waals surface area contributed by atoms with Gasteiger partial charge in [-0.25, -0.2) is 0 Å². The molecule has 0 saturated heterocycles. The van der Waals surface area contributed by atoms with Crippen molar-refractivity contribution in [2.45, 2.75) is 44.7 Å². The Hall–Kier alpha value is -1.35.